The molecule has 0 N–H and O–H groups in total. The molecule has 1 aliphatic carbocycles. The summed E-state index contributed by atoms with van der Waals surface area (Å²) in [5, 5.41) is 0. The van der Waals surface area contributed by atoms with Crippen LogP contribution in [-0.4, -0.2) is 0 Å². The Hall–Kier alpha value is -6.44. The van der Waals surface area contributed by atoms with Gasteiger partial charge in [-0.1, -0.05) is 170 Å². The van der Waals surface area contributed by atoms with Gasteiger partial charge in [-0.25, -0.2) is 0 Å². The third kappa shape index (κ3) is 5.35. The minimum Gasteiger partial charge on any atom is -0.310 e. The maximum Gasteiger partial charge on any atom is 0.0540 e. The van der Waals surface area contributed by atoms with Gasteiger partial charge in [0.25, 0.3) is 0 Å². The molecule has 0 aromatic heterocycles. The lowest BCUT2D eigenvalue weighted by Crippen LogP contribution is -2.22. The van der Waals surface area contributed by atoms with E-state index in [0.29, 0.717) is 0 Å². The summed E-state index contributed by atoms with van der Waals surface area (Å²) in [7, 11) is 0. The van der Waals surface area contributed by atoms with Crippen LogP contribution in [0.3, 0.4) is 0 Å². The van der Waals surface area contributed by atoms with Crippen molar-refractivity contribution < 1.29 is 0 Å². The van der Waals surface area contributed by atoms with Gasteiger partial charge in [0.2, 0.25) is 0 Å². The fourth-order valence-electron chi connectivity index (χ4n) is 7.95. The smallest absolute Gasteiger partial charge is 0.0540 e. The van der Waals surface area contributed by atoms with Crippen molar-refractivity contribution in [1.82, 2.24) is 0 Å². The Morgan fingerprint density at radius 3 is 1.49 bits per heavy atom. The summed E-state index contributed by atoms with van der Waals surface area (Å²) < 4.78 is 0. The van der Waals surface area contributed by atoms with Gasteiger partial charge in [0.05, 0.1) is 5.69 Å². The van der Waals surface area contributed by atoms with E-state index in [1.165, 1.54) is 61.2 Å². The number of anilines is 3. The molecule has 0 spiro atoms. The molecule has 9 rings (SSSR count). The molecule has 0 radical (unpaired) electrons. The Morgan fingerprint density at radius 1 is 0.333 bits per heavy atom. The highest BCUT2D eigenvalue weighted by atomic mass is 15.1. The summed E-state index contributed by atoms with van der Waals surface area (Å²) >= 11 is 0. The number of rotatable bonds is 7. The number of nitrogens with zero attached hydrogens (tertiary/aromatic N) is 1. The van der Waals surface area contributed by atoms with Gasteiger partial charge in [0, 0.05) is 22.4 Å². The molecule has 8 aromatic carbocycles. The second-order valence-corrected chi connectivity index (χ2v) is 13.5. The van der Waals surface area contributed by atoms with Gasteiger partial charge in [-0.3, -0.25) is 0 Å². The van der Waals surface area contributed by atoms with Crippen LogP contribution in [-0.2, 0) is 5.41 Å². The average Bonchev–Trinajstić information content (AvgIpc) is 3.48. The molecule has 8 aromatic rings. The lowest BCUT2D eigenvalue weighted by Gasteiger charge is -2.32. The highest BCUT2D eigenvalue weighted by Crippen LogP contribution is 2.54. The van der Waals surface area contributed by atoms with E-state index < -0.39 is 0 Å². The Bertz CT molecular complexity index is 2450. The molecule has 0 saturated carbocycles. The second-order valence-electron chi connectivity index (χ2n) is 13.5. The molecule has 0 aliphatic heterocycles. The van der Waals surface area contributed by atoms with Crippen LogP contribution in [0.25, 0.3) is 44.5 Å². The summed E-state index contributed by atoms with van der Waals surface area (Å²) in [4.78, 5) is 2.44. The molecular weight excluding hydrogens is 615 g/mol. The van der Waals surface area contributed by atoms with E-state index in [9.17, 15) is 0 Å². The first kappa shape index (κ1) is 30.6. The number of fused-ring (bicyclic) bond motifs is 3. The Balaban J connectivity index is 1.28. The maximum absolute atomic E-state index is 2.44. The largest absolute Gasteiger partial charge is 0.310 e. The van der Waals surface area contributed by atoms with Crippen molar-refractivity contribution in [3.8, 4) is 44.5 Å². The van der Waals surface area contributed by atoms with Crippen molar-refractivity contribution in [3.63, 3.8) is 0 Å². The van der Waals surface area contributed by atoms with Crippen LogP contribution in [0.5, 0.6) is 0 Å². The van der Waals surface area contributed by atoms with Crippen LogP contribution in [0.1, 0.15) is 23.6 Å². The van der Waals surface area contributed by atoms with Gasteiger partial charge in [0.1, 0.15) is 0 Å². The van der Waals surface area contributed by atoms with Gasteiger partial charge < -0.3 is 4.90 Å². The predicted octanol–water partition coefficient (Wildman–Crippen LogP) is 13.5. The zero-order valence-electron chi connectivity index (χ0n) is 28.6. The standard InChI is InChI=1S/C50H37N/c1-50(41-22-12-5-13-23-41)47-25-15-14-24-44(47)45-32-31-43(35-48(45)50)51(42-29-26-38(27-30-42)36-16-6-2-7-17-36)49-33-28-40(37-18-8-3-9-19-37)34-46(49)39-20-10-4-11-21-39/h2-35H,1H3. The molecular formula is C50H37N. The summed E-state index contributed by atoms with van der Waals surface area (Å²) in [5.74, 6) is 0. The second kappa shape index (κ2) is 12.8. The number of benzene rings is 8. The van der Waals surface area contributed by atoms with E-state index >= 15 is 0 Å². The third-order valence-electron chi connectivity index (χ3n) is 10.6. The van der Waals surface area contributed by atoms with E-state index in [1.54, 1.807) is 0 Å². The Labute approximate surface area is 300 Å². The quantitative estimate of drug-likeness (QED) is 0.166. The minimum atomic E-state index is -0.300. The van der Waals surface area contributed by atoms with Crippen LogP contribution >= 0.6 is 0 Å². The van der Waals surface area contributed by atoms with E-state index in [0.717, 1.165) is 17.1 Å². The third-order valence-corrected chi connectivity index (χ3v) is 10.6. The molecule has 0 amide bonds. The molecule has 1 unspecified atom stereocenters. The number of hydrogen-bond donors (Lipinski definition) is 0. The van der Waals surface area contributed by atoms with E-state index in [2.05, 4.69) is 218 Å². The lowest BCUT2D eigenvalue weighted by molar-refractivity contribution is 0.714. The van der Waals surface area contributed by atoms with Crippen LogP contribution in [0.15, 0.2) is 206 Å². The van der Waals surface area contributed by atoms with Gasteiger partial charge >= 0.3 is 0 Å². The molecule has 1 atom stereocenters. The highest BCUT2D eigenvalue weighted by molar-refractivity contribution is 5.93. The fraction of sp³-hybridized carbons (Fsp3) is 0.0400. The highest BCUT2D eigenvalue weighted by Gasteiger charge is 2.41. The first-order valence-corrected chi connectivity index (χ1v) is 17.7. The van der Waals surface area contributed by atoms with Crippen molar-refractivity contribution >= 4 is 17.1 Å². The Kier molecular flexibility index (Phi) is 7.67. The molecule has 0 saturated heterocycles. The van der Waals surface area contributed by atoms with Gasteiger partial charge in [0.15, 0.2) is 0 Å². The zero-order valence-corrected chi connectivity index (χ0v) is 28.6. The van der Waals surface area contributed by atoms with Crippen molar-refractivity contribution in [2.75, 3.05) is 4.90 Å². The molecule has 0 fully saturated rings. The SMILES string of the molecule is CC1(c2ccccc2)c2ccccc2-c2ccc(N(c3ccc(-c4ccccc4)cc3)c3ccc(-c4ccccc4)cc3-c3ccccc3)cc21. The van der Waals surface area contributed by atoms with Crippen molar-refractivity contribution in [1.29, 1.82) is 0 Å². The number of hydrogen-bond acceptors (Lipinski definition) is 1. The van der Waals surface area contributed by atoms with E-state index in [4.69, 9.17) is 0 Å². The van der Waals surface area contributed by atoms with Crippen molar-refractivity contribution in [2.45, 2.75) is 12.3 Å². The monoisotopic (exact) mass is 651 g/mol. The van der Waals surface area contributed by atoms with Crippen LogP contribution < -0.4 is 4.90 Å². The van der Waals surface area contributed by atoms with Gasteiger partial charge in [-0.2, -0.15) is 0 Å². The first-order chi connectivity index (χ1) is 25.2. The Morgan fingerprint density at radius 2 is 0.824 bits per heavy atom. The molecule has 0 heterocycles. The van der Waals surface area contributed by atoms with E-state index in [-0.39, 0.29) is 5.41 Å². The lowest BCUT2D eigenvalue weighted by atomic mass is 9.74. The van der Waals surface area contributed by atoms with Crippen molar-refractivity contribution in [2.24, 2.45) is 0 Å². The van der Waals surface area contributed by atoms with Gasteiger partial charge in [-0.05, 0) is 99.0 Å². The molecule has 242 valence electrons. The van der Waals surface area contributed by atoms with Crippen LogP contribution in [0, 0.1) is 0 Å². The fourth-order valence-corrected chi connectivity index (χ4v) is 7.95. The zero-order chi connectivity index (χ0) is 34.2. The van der Waals surface area contributed by atoms with Crippen LogP contribution in [0.4, 0.5) is 17.1 Å². The normalized spacial score (nSPS) is 14.5. The molecule has 1 heteroatoms. The maximum atomic E-state index is 2.44. The minimum absolute atomic E-state index is 0.300. The molecule has 1 nitrogen and oxygen atoms in total. The molecule has 1 aliphatic rings. The summed E-state index contributed by atoms with van der Waals surface area (Å²) in [6.07, 6.45) is 0. The summed E-state index contributed by atoms with van der Waals surface area (Å²) in [6.45, 7) is 2.39. The van der Waals surface area contributed by atoms with Gasteiger partial charge in [-0.15, -0.1) is 0 Å². The topological polar surface area (TPSA) is 3.24 Å². The molecule has 51 heavy (non-hydrogen) atoms. The van der Waals surface area contributed by atoms with Crippen molar-refractivity contribution in [3.05, 3.63) is 223 Å². The van der Waals surface area contributed by atoms with E-state index in [1.807, 2.05) is 0 Å². The average molecular weight is 652 g/mol. The predicted molar refractivity (Wildman–Crippen MR) is 215 cm³/mol. The molecule has 0 bridgehead atoms. The summed E-state index contributed by atoms with van der Waals surface area (Å²) in [6, 6.07) is 75.0. The first-order valence-electron chi connectivity index (χ1n) is 17.7. The summed E-state index contributed by atoms with van der Waals surface area (Å²) in [5.41, 5.74) is 16.8. The van der Waals surface area contributed by atoms with Crippen LogP contribution in [0.2, 0.25) is 0 Å².